The largest absolute Gasteiger partial charge is 0.352 e. The lowest BCUT2D eigenvalue weighted by atomic mass is 10.0. The first-order valence-corrected chi connectivity index (χ1v) is 9.83. The maximum atomic E-state index is 13.0. The molecule has 1 amide bonds. The second kappa shape index (κ2) is 8.27. The SMILES string of the molecule is Cc1ccc(-c2cc(C(=O)NCCCn3ccnc3)c3ccccc3n2)cc1C. The fraction of sp³-hybridized carbons (Fsp3) is 0.208. The van der Waals surface area contributed by atoms with Crippen LogP contribution in [0.15, 0.2) is 67.3 Å². The van der Waals surface area contributed by atoms with E-state index in [4.69, 9.17) is 4.98 Å². The summed E-state index contributed by atoms with van der Waals surface area (Å²) in [5.74, 6) is -0.0701. The minimum Gasteiger partial charge on any atom is -0.352 e. The van der Waals surface area contributed by atoms with E-state index in [1.807, 2.05) is 41.1 Å². The normalized spacial score (nSPS) is 11.0. The Balaban J connectivity index is 1.60. The van der Waals surface area contributed by atoms with Crippen molar-refractivity contribution in [3.05, 3.63) is 83.9 Å². The van der Waals surface area contributed by atoms with Crippen molar-refractivity contribution in [2.45, 2.75) is 26.8 Å². The predicted molar refractivity (Wildman–Crippen MR) is 116 cm³/mol. The molecule has 0 unspecified atom stereocenters. The lowest BCUT2D eigenvalue weighted by Crippen LogP contribution is -2.25. The number of aromatic nitrogens is 3. The second-order valence-electron chi connectivity index (χ2n) is 7.28. The van der Waals surface area contributed by atoms with Crippen LogP contribution in [0.3, 0.4) is 0 Å². The van der Waals surface area contributed by atoms with Gasteiger partial charge in [-0.05, 0) is 49.6 Å². The fourth-order valence-electron chi connectivity index (χ4n) is 3.39. The summed E-state index contributed by atoms with van der Waals surface area (Å²) >= 11 is 0. The summed E-state index contributed by atoms with van der Waals surface area (Å²) in [6.07, 6.45) is 6.31. The van der Waals surface area contributed by atoms with Crippen LogP contribution in [-0.2, 0) is 6.54 Å². The minimum absolute atomic E-state index is 0.0701. The smallest absolute Gasteiger partial charge is 0.252 e. The van der Waals surface area contributed by atoms with E-state index < -0.39 is 0 Å². The van der Waals surface area contributed by atoms with Gasteiger partial charge in [0.2, 0.25) is 0 Å². The standard InChI is InChI=1S/C24H24N4O/c1-17-8-9-19(14-18(17)2)23-15-21(20-6-3-4-7-22(20)27-23)24(29)26-10-5-12-28-13-11-25-16-28/h3-4,6-9,11,13-16H,5,10,12H2,1-2H3,(H,26,29). The molecule has 0 bridgehead atoms. The Morgan fingerprint density at radius 3 is 2.72 bits per heavy atom. The highest BCUT2D eigenvalue weighted by Gasteiger charge is 2.14. The molecule has 4 rings (SSSR count). The number of pyridine rings is 1. The molecule has 0 aliphatic rings. The number of rotatable bonds is 6. The average Bonchev–Trinajstić information content (AvgIpc) is 3.26. The Bertz CT molecular complexity index is 1150. The van der Waals surface area contributed by atoms with Gasteiger partial charge in [-0.25, -0.2) is 9.97 Å². The Morgan fingerprint density at radius 1 is 1.07 bits per heavy atom. The average molecular weight is 384 g/mol. The number of para-hydroxylation sites is 1. The van der Waals surface area contributed by atoms with E-state index in [0.29, 0.717) is 12.1 Å². The maximum Gasteiger partial charge on any atom is 0.252 e. The molecule has 0 radical (unpaired) electrons. The molecule has 2 aromatic heterocycles. The number of aryl methyl sites for hydroxylation is 3. The van der Waals surface area contributed by atoms with Crippen LogP contribution >= 0.6 is 0 Å². The fourth-order valence-corrected chi connectivity index (χ4v) is 3.39. The van der Waals surface area contributed by atoms with Crippen LogP contribution in [0.1, 0.15) is 27.9 Å². The first-order chi connectivity index (χ1) is 14.1. The van der Waals surface area contributed by atoms with Gasteiger partial charge in [-0.1, -0.05) is 30.3 Å². The van der Waals surface area contributed by atoms with Crippen LogP contribution in [0.25, 0.3) is 22.2 Å². The molecular formula is C24H24N4O. The Morgan fingerprint density at radius 2 is 1.93 bits per heavy atom. The molecule has 0 saturated heterocycles. The van der Waals surface area contributed by atoms with Gasteiger partial charge in [0.05, 0.1) is 23.1 Å². The number of amides is 1. The molecule has 1 N–H and O–H groups in total. The minimum atomic E-state index is -0.0701. The van der Waals surface area contributed by atoms with Crippen LogP contribution < -0.4 is 5.32 Å². The highest BCUT2D eigenvalue weighted by Crippen LogP contribution is 2.26. The molecule has 146 valence electrons. The molecule has 29 heavy (non-hydrogen) atoms. The summed E-state index contributed by atoms with van der Waals surface area (Å²) in [4.78, 5) is 21.8. The summed E-state index contributed by atoms with van der Waals surface area (Å²) in [7, 11) is 0. The Labute approximate surface area is 170 Å². The second-order valence-corrected chi connectivity index (χ2v) is 7.28. The van der Waals surface area contributed by atoms with Crippen LogP contribution in [0.4, 0.5) is 0 Å². The summed E-state index contributed by atoms with van der Waals surface area (Å²) < 4.78 is 2.01. The highest BCUT2D eigenvalue weighted by molar-refractivity contribution is 6.07. The van der Waals surface area contributed by atoms with Gasteiger partial charge in [0, 0.05) is 36.4 Å². The molecule has 0 aliphatic heterocycles. The first kappa shape index (κ1) is 18.9. The molecule has 0 spiro atoms. The third kappa shape index (κ3) is 4.19. The number of carbonyl (C=O) groups is 1. The third-order valence-electron chi connectivity index (χ3n) is 5.20. The lowest BCUT2D eigenvalue weighted by molar-refractivity contribution is 0.0954. The summed E-state index contributed by atoms with van der Waals surface area (Å²) in [5.41, 5.74) is 5.77. The van der Waals surface area contributed by atoms with Gasteiger partial charge in [-0.2, -0.15) is 0 Å². The van der Waals surface area contributed by atoms with Crippen molar-refractivity contribution < 1.29 is 4.79 Å². The molecule has 0 aliphatic carbocycles. The summed E-state index contributed by atoms with van der Waals surface area (Å²) in [5, 5.41) is 3.92. The number of nitrogens with one attached hydrogen (secondary N) is 1. The number of imidazole rings is 1. The van der Waals surface area contributed by atoms with E-state index in [1.165, 1.54) is 11.1 Å². The van der Waals surface area contributed by atoms with Crippen molar-refractivity contribution in [2.75, 3.05) is 6.54 Å². The van der Waals surface area contributed by atoms with Gasteiger partial charge in [-0.15, -0.1) is 0 Å². The quantitative estimate of drug-likeness (QED) is 0.497. The van der Waals surface area contributed by atoms with Crippen molar-refractivity contribution in [1.29, 1.82) is 0 Å². The van der Waals surface area contributed by atoms with Crippen molar-refractivity contribution in [3.8, 4) is 11.3 Å². The number of nitrogens with zero attached hydrogens (tertiary/aromatic N) is 3. The zero-order valence-electron chi connectivity index (χ0n) is 16.7. The molecule has 5 heteroatoms. The van der Waals surface area contributed by atoms with Crippen LogP contribution in [-0.4, -0.2) is 27.0 Å². The van der Waals surface area contributed by atoms with Gasteiger partial charge in [0.25, 0.3) is 5.91 Å². The van der Waals surface area contributed by atoms with Crippen molar-refractivity contribution in [1.82, 2.24) is 19.9 Å². The van der Waals surface area contributed by atoms with E-state index in [-0.39, 0.29) is 5.91 Å². The van der Waals surface area contributed by atoms with Crippen LogP contribution in [0.2, 0.25) is 0 Å². The topological polar surface area (TPSA) is 59.8 Å². The van der Waals surface area contributed by atoms with Gasteiger partial charge in [0.15, 0.2) is 0 Å². The highest BCUT2D eigenvalue weighted by atomic mass is 16.1. The van der Waals surface area contributed by atoms with Crippen LogP contribution in [0, 0.1) is 13.8 Å². The third-order valence-corrected chi connectivity index (χ3v) is 5.20. The van der Waals surface area contributed by atoms with E-state index in [9.17, 15) is 4.79 Å². The van der Waals surface area contributed by atoms with Gasteiger partial charge >= 0.3 is 0 Å². The molecule has 2 aromatic carbocycles. The molecule has 5 nitrogen and oxygen atoms in total. The summed E-state index contributed by atoms with van der Waals surface area (Å²) in [6.45, 7) is 5.61. The van der Waals surface area contributed by atoms with E-state index in [1.54, 1.807) is 12.5 Å². The Hall–Kier alpha value is -3.47. The van der Waals surface area contributed by atoms with Crippen molar-refractivity contribution in [2.24, 2.45) is 0 Å². The van der Waals surface area contributed by atoms with Crippen LogP contribution in [0.5, 0.6) is 0 Å². The zero-order chi connectivity index (χ0) is 20.2. The first-order valence-electron chi connectivity index (χ1n) is 9.83. The van der Waals surface area contributed by atoms with E-state index in [2.05, 4.69) is 42.3 Å². The number of fused-ring (bicyclic) bond motifs is 1. The summed E-state index contributed by atoms with van der Waals surface area (Å²) in [6, 6.07) is 16.0. The van der Waals surface area contributed by atoms with Gasteiger partial charge in [0.1, 0.15) is 0 Å². The molecule has 2 heterocycles. The Kier molecular flexibility index (Phi) is 5.38. The number of hydrogen-bond donors (Lipinski definition) is 1. The van der Waals surface area contributed by atoms with E-state index in [0.717, 1.165) is 35.1 Å². The number of benzene rings is 2. The number of carbonyl (C=O) groups excluding carboxylic acids is 1. The number of hydrogen-bond acceptors (Lipinski definition) is 3. The van der Waals surface area contributed by atoms with Gasteiger partial charge < -0.3 is 9.88 Å². The lowest BCUT2D eigenvalue weighted by Gasteiger charge is -2.12. The zero-order valence-corrected chi connectivity index (χ0v) is 16.7. The molecular weight excluding hydrogens is 360 g/mol. The van der Waals surface area contributed by atoms with Gasteiger partial charge in [-0.3, -0.25) is 4.79 Å². The molecule has 0 fully saturated rings. The predicted octanol–water partition coefficient (Wildman–Crippen LogP) is 4.54. The van der Waals surface area contributed by atoms with E-state index >= 15 is 0 Å². The monoisotopic (exact) mass is 384 g/mol. The van der Waals surface area contributed by atoms with Crippen molar-refractivity contribution >= 4 is 16.8 Å². The maximum absolute atomic E-state index is 13.0. The molecule has 4 aromatic rings. The molecule has 0 atom stereocenters. The van der Waals surface area contributed by atoms with Crippen molar-refractivity contribution in [3.63, 3.8) is 0 Å². The molecule has 0 saturated carbocycles.